The molecule has 0 bridgehead atoms. The van der Waals surface area contributed by atoms with Crippen LogP contribution in [0.5, 0.6) is 0 Å². The van der Waals surface area contributed by atoms with Crippen molar-refractivity contribution in [2.75, 3.05) is 0 Å². The summed E-state index contributed by atoms with van der Waals surface area (Å²) in [6.07, 6.45) is 0.516. The van der Waals surface area contributed by atoms with Crippen molar-refractivity contribution in [1.29, 1.82) is 0 Å². The molecule has 0 heterocycles. The van der Waals surface area contributed by atoms with Gasteiger partial charge in [0.05, 0.1) is 0 Å². The van der Waals surface area contributed by atoms with E-state index in [1.54, 1.807) is 0 Å². The van der Waals surface area contributed by atoms with E-state index in [4.69, 9.17) is 16.6 Å². The quantitative estimate of drug-likeness (QED) is 0.543. The van der Waals surface area contributed by atoms with E-state index in [-0.39, 0.29) is 12.0 Å². The molecular formula is C14H20N2O3. The summed E-state index contributed by atoms with van der Waals surface area (Å²) in [5, 5.41) is 8.24. The average Bonchev–Trinajstić information content (AvgIpc) is 2.40. The van der Waals surface area contributed by atoms with Crippen molar-refractivity contribution in [3.63, 3.8) is 0 Å². The molecule has 104 valence electrons. The first-order chi connectivity index (χ1) is 8.90. The van der Waals surface area contributed by atoms with E-state index in [0.29, 0.717) is 12.8 Å². The van der Waals surface area contributed by atoms with Crippen molar-refractivity contribution in [2.45, 2.75) is 25.9 Å². The minimum absolute atomic E-state index is 0.0127. The Kier molecular flexibility index (Phi) is 8.08. The molecule has 1 atom stereocenters. The highest BCUT2D eigenvalue weighted by molar-refractivity contribution is 5.78. The number of benzene rings is 1. The lowest BCUT2D eigenvalue weighted by Gasteiger charge is -2.02. The van der Waals surface area contributed by atoms with E-state index in [2.05, 4.69) is 37.8 Å². The van der Waals surface area contributed by atoms with Crippen LogP contribution in [-0.2, 0) is 16.1 Å². The van der Waals surface area contributed by atoms with Crippen LogP contribution >= 0.6 is 0 Å². The van der Waals surface area contributed by atoms with Crippen LogP contribution in [0.15, 0.2) is 36.4 Å². The summed E-state index contributed by atoms with van der Waals surface area (Å²) in [4.78, 5) is 20.0. The van der Waals surface area contributed by atoms with Crippen LogP contribution in [0.25, 0.3) is 0 Å². The summed E-state index contributed by atoms with van der Waals surface area (Å²) >= 11 is 0. The van der Waals surface area contributed by atoms with Gasteiger partial charge in [0, 0.05) is 13.0 Å². The van der Waals surface area contributed by atoms with Gasteiger partial charge in [0.25, 0.3) is 0 Å². The number of hydrogen-bond donors (Lipinski definition) is 3. The largest absolute Gasteiger partial charge is 0.480 e. The van der Waals surface area contributed by atoms with Gasteiger partial charge in [-0.15, -0.1) is 0 Å². The fourth-order valence-corrected chi connectivity index (χ4v) is 1.14. The van der Waals surface area contributed by atoms with Gasteiger partial charge in [0.1, 0.15) is 12.3 Å². The molecule has 1 rings (SSSR count). The number of aliphatic carboxylic acids is 1. The maximum absolute atomic E-state index is 10.1. The predicted octanol–water partition coefficient (Wildman–Crippen LogP) is 0.997. The topological polar surface area (TPSA) is 106 Å². The van der Waals surface area contributed by atoms with E-state index in [9.17, 15) is 9.59 Å². The summed E-state index contributed by atoms with van der Waals surface area (Å²) in [6, 6.07) is 7.23. The molecule has 19 heavy (non-hydrogen) atoms. The molecule has 5 N–H and O–H groups in total. The summed E-state index contributed by atoms with van der Waals surface area (Å²) in [7, 11) is 0. The van der Waals surface area contributed by atoms with Crippen LogP contribution in [0.3, 0.4) is 0 Å². The lowest BCUT2D eigenvalue weighted by molar-refractivity contribution is -0.138. The highest BCUT2D eigenvalue weighted by atomic mass is 16.4. The lowest BCUT2D eigenvalue weighted by atomic mass is 10.1. The molecule has 0 amide bonds. The number of aldehydes is 1. The van der Waals surface area contributed by atoms with Crippen LogP contribution in [-0.4, -0.2) is 23.4 Å². The first kappa shape index (κ1) is 17.0. The zero-order valence-corrected chi connectivity index (χ0v) is 11.0. The molecule has 0 spiro atoms. The monoisotopic (exact) mass is 264 g/mol. The van der Waals surface area contributed by atoms with E-state index in [0.717, 1.165) is 0 Å². The Hall–Kier alpha value is -1.98. The zero-order chi connectivity index (χ0) is 14.8. The van der Waals surface area contributed by atoms with Crippen molar-refractivity contribution in [3.8, 4) is 0 Å². The summed E-state index contributed by atoms with van der Waals surface area (Å²) < 4.78 is 0. The molecule has 0 fully saturated rings. The highest BCUT2D eigenvalue weighted by Gasteiger charge is 2.11. The van der Waals surface area contributed by atoms with Gasteiger partial charge in [-0.3, -0.25) is 9.59 Å². The molecule has 0 saturated heterocycles. The standard InChI is InChI=1S/C8H11N.C6H9NO3/c1-7-2-4-8(6-9)5-3-7;1-4(3-8)2-5(7)6(9)10/h2-5H,6,9H2,1H3;3,5H,1-2,7H2,(H,9,10). The van der Waals surface area contributed by atoms with Crippen LogP contribution in [0.4, 0.5) is 0 Å². The van der Waals surface area contributed by atoms with E-state index >= 15 is 0 Å². The number of carbonyl (C=O) groups is 2. The number of rotatable bonds is 5. The van der Waals surface area contributed by atoms with Gasteiger partial charge in [-0.05, 0) is 18.1 Å². The Morgan fingerprint density at radius 1 is 1.42 bits per heavy atom. The van der Waals surface area contributed by atoms with Gasteiger partial charge in [-0.2, -0.15) is 0 Å². The second-order valence-corrected chi connectivity index (χ2v) is 4.11. The van der Waals surface area contributed by atoms with Crippen molar-refractivity contribution >= 4 is 12.3 Å². The molecule has 1 aromatic rings. The van der Waals surface area contributed by atoms with Gasteiger partial charge < -0.3 is 16.6 Å². The van der Waals surface area contributed by atoms with Crippen molar-refractivity contribution in [3.05, 3.63) is 47.5 Å². The van der Waals surface area contributed by atoms with Gasteiger partial charge in [0.15, 0.2) is 0 Å². The molecule has 0 aromatic heterocycles. The number of carboxylic acids is 1. The normalized spacial score (nSPS) is 10.9. The second-order valence-electron chi connectivity index (χ2n) is 4.11. The number of carboxylic acid groups (broad SMARTS) is 1. The highest BCUT2D eigenvalue weighted by Crippen LogP contribution is 2.00. The fourth-order valence-electron chi connectivity index (χ4n) is 1.14. The van der Waals surface area contributed by atoms with Crippen LogP contribution in [0.1, 0.15) is 17.5 Å². The lowest BCUT2D eigenvalue weighted by Crippen LogP contribution is -2.30. The number of carbonyl (C=O) groups excluding carboxylic acids is 1. The first-order valence-corrected chi connectivity index (χ1v) is 5.77. The minimum atomic E-state index is -1.12. The minimum Gasteiger partial charge on any atom is -0.480 e. The van der Waals surface area contributed by atoms with Gasteiger partial charge in [0.2, 0.25) is 0 Å². The van der Waals surface area contributed by atoms with Crippen LogP contribution < -0.4 is 11.5 Å². The Balaban J connectivity index is 0.000000342. The summed E-state index contributed by atoms with van der Waals surface area (Å²) in [6.45, 7) is 5.99. The maximum atomic E-state index is 10.1. The van der Waals surface area contributed by atoms with Crippen LogP contribution in [0.2, 0.25) is 0 Å². The third-order valence-corrected chi connectivity index (χ3v) is 2.32. The van der Waals surface area contributed by atoms with E-state index < -0.39 is 12.0 Å². The third kappa shape index (κ3) is 7.86. The second kappa shape index (κ2) is 9.02. The smallest absolute Gasteiger partial charge is 0.320 e. The average molecular weight is 264 g/mol. The fraction of sp³-hybridized carbons (Fsp3) is 0.286. The van der Waals surface area contributed by atoms with Crippen molar-refractivity contribution < 1.29 is 14.7 Å². The van der Waals surface area contributed by atoms with Gasteiger partial charge in [-0.1, -0.05) is 36.4 Å². The molecule has 5 heteroatoms. The number of aryl methyl sites for hydroxylation is 1. The molecule has 0 aliphatic carbocycles. The first-order valence-electron chi connectivity index (χ1n) is 5.77. The summed E-state index contributed by atoms with van der Waals surface area (Å²) in [5.74, 6) is -1.12. The zero-order valence-electron chi connectivity index (χ0n) is 11.0. The van der Waals surface area contributed by atoms with Crippen LogP contribution in [0, 0.1) is 6.92 Å². The van der Waals surface area contributed by atoms with Gasteiger partial charge in [-0.25, -0.2) is 0 Å². The number of hydrogen-bond acceptors (Lipinski definition) is 4. The molecule has 0 aliphatic heterocycles. The van der Waals surface area contributed by atoms with E-state index in [1.807, 2.05) is 0 Å². The Morgan fingerprint density at radius 2 is 1.95 bits per heavy atom. The molecule has 0 radical (unpaired) electrons. The molecular weight excluding hydrogens is 244 g/mol. The SMILES string of the molecule is C=C(C=O)CC(N)C(=O)O.Cc1ccc(CN)cc1. The van der Waals surface area contributed by atoms with Crippen molar-refractivity contribution in [2.24, 2.45) is 11.5 Å². The molecule has 5 nitrogen and oxygen atoms in total. The molecule has 0 aliphatic rings. The number of nitrogens with two attached hydrogens (primary N) is 2. The van der Waals surface area contributed by atoms with Crippen molar-refractivity contribution in [1.82, 2.24) is 0 Å². The summed E-state index contributed by atoms with van der Waals surface area (Å²) in [5.41, 5.74) is 13.2. The Bertz CT molecular complexity index is 427. The maximum Gasteiger partial charge on any atom is 0.320 e. The third-order valence-electron chi connectivity index (χ3n) is 2.32. The predicted molar refractivity (Wildman–Crippen MR) is 74.5 cm³/mol. The Labute approximate surface area is 112 Å². The molecule has 1 aromatic carbocycles. The van der Waals surface area contributed by atoms with E-state index in [1.165, 1.54) is 11.1 Å². The molecule has 0 saturated carbocycles. The molecule has 1 unspecified atom stereocenters. The Morgan fingerprint density at radius 3 is 2.32 bits per heavy atom. The van der Waals surface area contributed by atoms with Gasteiger partial charge >= 0.3 is 5.97 Å².